The summed E-state index contributed by atoms with van der Waals surface area (Å²) >= 11 is 0. The SMILES string of the molecule is CC[C@H]1OC(=O)[C@H](C)[C@@H](O[C@H]2C[C@@](C)(OC)[C@@H](O)[C@H](C)O2)[C@H](C)[C@@H](O[C@@H]2O[C@H](C)C[C@H](NC)[C@H]2O)C(C)(OC)C[C@H](C)C(=O)[C@H](C)[C@@H](O)[C@]1(C)O. The van der Waals surface area contributed by atoms with Gasteiger partial charge in [-0.25, -0.2) is 0 Å². The number of aliphatic hydroxyl groups is 4. The van der Waals surface area contributed by atoms with Gasteiger partial charge in [-0.05, 0) is 67.9 Å². The van der Waals surface area contributed by atoms with Crippen LogP contribution in [-0.4, -0.2) is 138 Å². The van der Waals surface area contributed by atoms with Gasteiger partial charge in [0.05, 0.1) is 47.6 Å². The van der Waals surface area contributed by atoms with E-state index in [-0.39, 0.29) is 37.2 Å². The molecule has 0 saturated carbocycles. The predicted molar refractivity (Wildman–Crippen MR) is 186 cm³/mol. The number of likely N-dealkylation sites (N-methyl/N-ethyl adjacent to an activating group) is 1. The van der Waals surface area contributed by atoms with E-state index in [1.165, 1.54) is 21.1 Å². The van der Waals surface area contributed by atoms with Gasteiger partial charge < -0.3 is 58.9 Å². The molecule has 0 aromatic rings. The van der Waals surface area contributed by atoms with Crippen molar-refractivity contribution >= 4 is 11.8 Å². The van der Waals surface area contributed by atoms with Crippen molar-refractivity contribution in [2.45, 2.75) is 179 Å². The Morgan fingerprint density at radius 3 is 2.02 bits per heavy atom. The zero-order valence-corrected chi connectivity index (χ0v) is 33.0. The fourth-order valence-corrected chi connectivity index (χ4v) is 8.38. The average Bonchev–Trinajstić information content (AvgIpc) is 3.09. The molecule has 3 aliphatic rings. The Bertz CT molecular complexity index is 1160. The number of ketones is 1. The van der Waals surface area contributed by atoms with Crippen molar-refractivity contribution < 1.29 is 63.2 Å². The highest BCUT2D eigenvalue weighted by molar-refractivity contribution is 5.83. The van der Waals surface area contributed by atoms with Gasteiger partial charge in [-0.1, -0.05) is 27.7 Å². The number of cyclic esters (lactones) is 1. The summed E-state index contributed by atoms with van der Waals surface area (Å²) in [5, 5.41) is 48.4. The molecule has 0 aromatic carbocycles. The van der Waals surface area contributed by atoms with Crippen LogP contribution in [0.15, 0.2) is 0 Å². The lowest BCUT2D eigenvalue weighted by Crippen LogP contribution is -2.61. The van der Waals surface area contributed by atoms with Crippen LogP contribution in [-0.2, 0) is 42.7 Å². The van der Waals surface area contributed by atoms with Crippen molar-refractivity contribution in [2.24, 2.45) is 23.7 Å². The van der Waals surface area contributed by atoms with Gasteiger partial charge in [0, 0.05) is 44.4 Å². The summed E-state index contributed by atoms with van der Waals surface area (Å²) < 4.78 is 43.7. The Morgan fingerprint density at radius 1 is 0.863 bits per heavy atom. The van der Waals surface area contributed by atoms with Crippen LogP contribution in [0.2, 0.25) is 0 Å². The minimum absolute atomic E-state index is 0.109. The molecule has 18 atom stereocenters. The van der Waals surface area contributed by atoms with E-state index in [1.54, 1.807) is 55.5 Å². The van der Waals surface area contributed by atoms with Crippen LogP contribution in [0.5, 0.6) is 0 Å². The van der Waals surface area contributed by atoms with Crippen molar-refractivity contribution in [2.75, 3.05) is 21.3 Å². The molecular weight excluding hydrogens is 666 g/mol. The number of hydrogen-bond donors (Lipinski definition) is 5. The van der Waals surface area contributed by atoms with Crippen molar-refractivity contribution in [3.8, 4) is 0 Å². The first-order chi connectivity index (χ1) is 23.6. The van der Waals surface area contributed by atoms with Gasteiger partial charge in [0.15, 0.2) is 12.6 Å². The molecule has 0 amide bonds. The molecule has 3 fully saturated rings. The molecule has 0 radical (unpaired) electrons. The number of methoxy groups -OCH3 is 2. The fraction of sp³-hybridized carbons (Fsp3) is 0.946. The van der Waals surface area contributed by atoms with Gasteiger partial charge in [0.2, 0.25) is 0 Å². The van der Waals surface area contributed by atoms with Gasteiger partial charge >= 0.3 is 5.97 Å². The van der Waals surface area contributed by atoms with E-state index < -0.39 is 102 Å². The van der Waals surface area contributed by atoms with E-state index in [1.807, 2.05) is 13.8 Å². The van der Waals surface area contributed by atoms with E-state index in [0.29, 0.717) is 6.42 Å². The fourth-order valence-electron chi connectivity index (χ4n) is 8.38. The molecule has 14 heteroatoms. The molecule has 3 heterocycles. The van der Waals surface area contributed by atoms with Gasteiger partial charge in [0.1, 0.15) is 29.7 Å². The van der Waals surface area contributed by atoms with Crippen LogP contribution in [0.25, 0.3) is 0 Å². The van der Waals surface area contributed by atoms with Crippen LogP contribution in [0.3, 0.4) is 0 Å². The Kier molecular flexibility index (Phi) is 15.1. The van der Waals surface area contributed by atoms with Crippen LogP contribution in [0.4, 0.5) is 0 Å². The standard InChI is InChI=1S/C37H67NO13/c1-14-25-37(10,44)30(41)20(4)27(39)18(2)16-36(9,46-13)32(51-34-28(40)24(38-11)15-19(3)47-34)21(5)29(22(6)33(43)49-25)50-26-17-35(8,45-12)31(42)23(7)48-26/h18-26,28-32,34,38,40-42,44H,14-17H2,1-13H3/t18-,19+,20-,21-,22+,23-,24-,25+,26-,28+,29-,30+,31-,32+,34-,35+,36?,37+/m0/s1. The summed E-state index contributed by atoms with van der Waals surface area (Å²) in [6, 6.07) is -0.334. The highest BCUT2D eigenvalue weighted by atomic mass is 16.7. The Morgan fingerprint density at radius 2 is 1.47 bits per heavy atom. The summed E-state index contributed by atoms with van der Waals surface area (Å²) in [6.45, 7) is 17.0. The summed E-state index contributed by atoms with van der Waals surface area (Å²) in [7, 11) is 4.75. The maximum absolute atomic E-state index is 14.1. The molecule has 0 spiro atoms. The monoisotopic (exact) mass is 733 g/mol. The number of nitrogens with one attached hydrogen (secondary N) is 1. The first-order valence-corrected chi connectivity index (χ1v) is 18.5. The third kappa shape index (κ3) is 9.33. The highest BCUT2D eigenvalue weighted by Gasteiger charge is 2.54. The lowest BCUT2D eigenvalue weighted by atomic mass is 9.74. The molecule has 14 nitrogen and oxygen atoms in total. The molecule has 5 N–H and O–H groups in total. The molecule has 1 unspecified atom stereocenters. The molecule has 3 saturated heterocycles. The predicted octanol–water partition coefficient (Wildman–Crippen LogP) is 2.10. The van der Waals surface area contributed by atoms with Crippen LogP contribution < -0.4 is 5.32 Å². The van der Waals surface area contributed by atoms with E-state index in [9.17, 15) is 30.0 Å². The quantitative estimate of drug-likeness (QED) is 0.228. The lowest BCUT2D eigenvalue weighted by Gasteiger charge is -2.49. The molecule has 3 rings (SSSR count). The van der Waals surface area contributed by atoms with Crippen molar-refractivity contribution in [1.29, 1.82) is 0 Å². The normalized spacial score (nSPS) is 49.6. The number of carbonyl (C=O) groups is 2. The minimum Gasteiger partial charge on any atom is -0.459 e. The second-order valence-electron chi connectivity index (χ2n) is 16.0. The van der Waals surface area contributed by atoms with Gasteiger partial charge in [-0.3, -0.25) is 9.59 Å². The van der Waals surface area contributed by atoms with Crippen molar-refractivity contribution in [3.63, 3.8) is 0 Å². The highest BCUT2D eigenvalue weighted by Crippen LogP contribution is 2.41. The van der Waals surface area contributed by atoms with Gasteiger partial charge in [-0.2, -0.15) is 0 Å². The lowest BCUT2D eigenvalue weighted by molar-refractivity contribution is -0.317. The van der Waals surface area contributed by atoms with Gasteiger partial charge in [-0.15, -0.1) is 0 Å². The Labute approximate surface area is 304 Å². The third-order valence-corrected chi connectivity index (χ3v) is 12.0. The number of ether oxygens (including phenoxy) is 7. The average molecular weight is 734 g/mol. The maximum Gasteiger partial charge on any atom is 0.311 e. The molecule has 0 aliphatic carbocycles. The first-order valence-electron chi connectivity index (χ1n) is 18.5. The number of aliphatic hydroxyl groups excluding tert-OH is 3. The van der Waals surface area contributed by atoms with Crippen LogP contribution in [0, 0.1) is 23.7 Å². The van der Waals surface area contributed by atoms with Gasteiger partial charge in [0.25, 0.3) is 0 Å². The second kappa shape index (κ2) is 17.4. The zero-order chi connectivity index (χ0) is 38.8. The summed E-state index contributed by atoms with van der Waals surface area (Å²) in [5.41, 5.74) is -4.24. The van der Waals surface area contributed by atoms with Crippen LogP contribution >= 0.6 is 0 Å². The van der Waals surface area contributed by atoms with Crippen LogP contribution in [0.1, 0.15) is 94.9 Å². The van der Waals surface area contributed by atoms with Crippen molar-refractivity contribution in [1.82, 2.24) is 5.32 Å². The number of rotatable bonds is 8. The largest absolute Gasteiger partial charge is 0.459 e. The van der Waals surface area contributed by atoms with E-state index >= 15 is 0 Å². The Hall–Kier alpha value is -1.30. The topological polar surface area (TPSA) is 192 Å². The number of carbonyl (C=O) groups excluding carboxylic acids is 2. The number of Topliss-reactive ketones (excluding diaryl/α,β-unsaturated/α-hetero) is 1. The Balaban J connectivity index is 2.21. The molecule has 298 valence electrons. The third-order valence-electron chi connectivity index (χ3n) is 12.0. The number of hydrogen-bond acceptors (Lipinski definition) is 14. The summed E-state index contributed by atoms with van der Waals surface area (Å²) in [6.07, 6.45) is -8.78. The maximum atomic E-state index is 14.1. The zero-order valence-electron chi connectivity index (χ0n) is 33.0. The summed E-state index contributed by atoms with van der Waals surface area (Å²) in [4.78, 5) is 28.1. The molecule has 0 bridgehead atoms. The van der Waals surface area contributed by atoms with E-state index in [0.717, 1.165) is 0 Å². The molecule has 51 heavy (non-hydrogen) atoms. The van der Waals surface area contributed by atoms with Crippen molar-refractivity contribution in [3.05, 3.63) is 0 Å². The minimum atomic E-state index is -1.96. The second-order valence-corrected chi connectivity index (χ2v) is 16.0. The van der Waals surface area contributed by atoms with E-state index in [2.05, 4.69) is 5.32 Å². The van der Waals surface area contributed by atoms with E-state index in [4.69, 9.17) is 33.2 Å². The molecular formula is C37H67NO13. The molecule has 3 aliphatic heterocycles. The summed E-state index contributed by atoms with van der Waals surface area (Å²) in [5.74, 6) is -4.47. The smallest absolute Gasteiger partial charge is 0.311 e. The molecule has 0 aromatic heterocycles. The number of esters is 1. The first kappa shape index (κ1) is 44.1.